The molecule has 0 spiro atoms. The van der Waals surface area contributed by atoms with E-state index in [0.717, 1.165) is 36.8 Å². The Kier molecular flexibility index (Phi) is 7.55. The first-order valence-electron chi connectivity index (χ1n) is 12.1. The molecule has 2 aromatic rings. The lowest BCUT2D eigenvalue weighted by atomic mass is 9.66. The predicted octanol–water partition coefficient (Wildman–Crippen LogP) is 4.63. The number of methoxy groups -OCH3 is 4. The van der Waals surface area contributed by atoms with Gasteiger partial charge in [-0.25, -0.2) is 0 Å². The molecule has 0 radical (unpaired) electrons. The van der Waals surface area contributed by atoms with Gasteiger partial charge in [-0.2, -0.15) is 0 Å². The van der Waals surface area contributed by atoms with E-state index in [4.69, 9.17) is 18.9 Å². The Morgan fingerprint density at radius 3 is 2.43 bits per heavy atom. The number of piperidine rings is 1. The molecule has 1 N–H and O–H groups in total. The fraction of sp³-hybridized carbons (Fsp3) is 0.464. The summed E-state index contributed by atoms with van der Waals surface area (Å²) in [6, 6.07) is 10.9. The van der Waals surface area contributed by atoms with Gasteiger partial charge in [-0.05, 0) is 55.2 Å². The Morgan fingerprint density at radius 1 is 0.943 bits per heavy atom. The number of benzene rings is 2. The predicted molar refractivity (Wildman–Crippen MR) is 134 cm³/mol. The van der Waals surface area contributed by atoms with Crippen LogP contribution in [0.25, 0.3) is 6.08 Å². The Hall–Kier alpha value is -3.19. The maximum Gasteiger partial charge on any atom is 0.247 e. The Balaban J connectivity index is 1.68. The molecule has 1 heterocycles. The van der Waals surface area contributed by atoms with Crippen LogP contribution in [0.15, 0.2) is 42.5 Å². The van der Waals surface area contributed by atoms with E-state index in [1.165, 1.54) is 0 Å². The van der Waals surface area contributed by atoms with Crippen molar-refractivity contribution < 1.29 is 28.8 Å². The van der Waals surface area contributed by atoms with Gasteiger partial charge in [-0.3, -0.25) is 4.79 Å². The molecule has 1 aliphatic carbocycles. The van der Waals surface area contributed by atoms with Crippen molar-refractivity contribution in [1.82, 2.24) is 4.90 Å². The third-order valence-corrected chi connectivity index (χ3v) is 7.44. The highest BCUT2D eigenvalue weighted by molar-refractivity contribution is 5.92. The number of hydrogen-bond acceptors (Lipinski definition) is 6. The fourth-order valence-corrected chi connectivity index (χ4v) is 5.60. The Labute approximate surface area is 207 Å². The van der Waals surface area contributed by atoms with Gasteiger partial charge in [0.25, 0.3) is 0 Å². The maximum absolute atomic E-state index is 13.6. The molecular weight excluding hydrogens is 446 g/mol. The minimum atomic E-state index is -0.780. The summed E-state index contributed by atoms with van der Waals surface area (Å²) < 4.78 is 21.8. The Bertz CT molecular complexity index is 1080. The van der Waals surface area contributed by atoms with Crippen LogP contribution in [-0.4, -0.2) is 56.5 Å². The summed E-state index contributed by atoms with van der Waals surface area (Å²) >= 11 is 0. The molecule has 1 saturated carbocycles. The van der Waals surface area contributed by atoms with Crippen LogP contribution in [0, 0.1) is 5.92 Å². The Morgan fingerprint density at radius 2 is 1.71 bits per heavy atom. The van der Waals surface area contributed by atoms with Gasteiger partial charge in [0.2, 0.25) is 5.91 Å². The molecule has 2 fully saturated rings. The van der Waals surface area contributed by atoms with Gasteiger partial charge in [-0.1, -0.05) is 18.9 Å². The topological polar surface area (TPSA) is 77.5 Å². The van der Waals surface area contributed by atoms with Crippen LogP contribution in [0.2, 0.25) is 0 Å². The smallest absolute Gasteiger partial charge is 0.247 e. The summed E-state index contributed by atoms with van der Waals surface area (Å²) in [7, 11) is 6.41. The van der Waals surface area contributed by atoms with Crippen LogP contribution in [0.1, 0.15) is 49.3 Å². The lowest BCUT2D eigenvalue weighted by molar-refractivity contribution is -0.151. The first kappa shape index (κ1) is 24.9. The van der Waals surface area contributed by atoms with Crippen LogP contribution in [-0.2, 0) is 4.79 Å². The number of carbonyl (C=O) groups is 1. The zero-order valence-corrected chi connectivity index (χ0v) is 21.0. The van der Waals surface area contributed by atoms with E-state index in [2.05, 4.69) is 0 Å². The van der Waals surface area contributed by atoms with Crippen molar-refractivity contribution in [1.29, 1.82) is 0 Å². The largest absolute Gasteiger partial charge is 0.497 e. The summed E-state index contributed by atoms with van der Waals surface area (Å²) in [6.07, 6.45) is 7.61. The lowest BCUT2D eigenvalue weighted by Gasteiger charge is -2.52. The van der Waals surface area contributed by atoms with Gasteiger partial charge in [0.15, 0.2) is 11.5 Å². The van der Waals surface area contributed by atoms with Gasteiger partial charge in [0.1, 0.15) is 11.5 Å². The van der Waals surface area contributed by atoms with E-state index < -0.39 is 5.60 Å². The van der Waals surface area contributed by atoms with Gasteiger partial charge < -0.3 is 29.0 Å². The molecule has 0 bridgehead atoms. The maximum atomic E-state index is 13.6. The number of ether oxygens (including phenoxy) is 4. The molecule has 1 aliphatic heterocycles. The van der Waals surface area contributed by atoms with Gasteiger partial charge in [0.05, 0.1) is 40.1 Å². The minimum Gasteiger partial charge on any atom is -0.497 e. The van der Waals surface area contributed by atoms with Crippen LogP contribution >= 0.6 is 0 Å². The molecule has 35 heavy (non-hydrogen) atoms. The molecule has 1 amide bonds. The van der Waals surface area contributed by atoms with Crippen LogP contribution in [0.5, 0.6) is 23.0 Å². The normalized spacial score (nSPS) is 24.1. The SMILES string of the molecule is COc1ccc([C@@H]2[C@@H]3CCCC[C@@]3(O)CCN2C(=O)/C=C/c2ccc(OC)c(OC)c2)c(OC)c1. The number of hydrogen-bond donors (Lipinski definition) is 1. The molecule has 2 aromatic carbocycles. The second-order valence-electron chi connectivity index (χ2n) is 9.24. The molecule has 4 rings (SSSR count). The number of rotatable bonds is 7. The van der Waals surface area contributed by atoms with Crippen molar-refractivity contribution in [3.8, 4) is 23.0 Å². The first-order chi connectivity index (χ1) is 16.9. The van der Waals surface area contributed by atoms with Crippen molar-refractivity contribution in [3.05, 3.63) is 53.6 Å². The zero-order valence-electron chi connectivity index (χ0n) is 21.0. The first-order valence-corrected chi connectivity index (χ1v) is 12.1. The molecule has 188 valence electrons. The van der Waals surface area contributed by atoms with Crippen molar-refractivity contribution in [2.45, 2.75) is 43.7 Å². The molecule has 3 atom stereocenters. The van der Waals surface area contributed by atoms with Gasteiger partial charge in [0, 0.05) is 30.2 Å². The van der Waals surface area contributed by atoms with Crippen molar-refractivity contribution in [3.63, 3.8) is 0 Å². The van der Waals surface area contributed by atoms with Crippen LogP contribution < -0.4 is 18.9 Å². The average molecular weight is 482 g/mol. The highest BCUT2D eigenvalue weighted by atomic mass is 16.5. The van der Waals surface area contributed by atoms with E-state index >= 15 is 0 Å². The van der Waals surface area contributed by atoms with Crippen LogP contribution in [0.3, 0.4) is 0 Å². The van der Waals surface area contributed by atoms with E-state index in [9.17, 15) is 9.90 Å². The monoisotopic (exact) mass is 481 g/mol. The lowest BCUT2D eigenvalue weighted by Crippen LogP contribution is -2.56. The number of likely N-dealkylation sites (tertiary alicyclic amines) is 1. The molecule has 7 nitrogen and oxygen atoms in total. The van der Waals surface area contributed by atoms with Crippen molar-refractivity contribution in [2.75, 3.05) is 35.0 Å². The van der Waals surface area contributed by atoms with Crippen molar-refractivity contribution >= 4 is 12.0 Å². The number of aliphatic hydroxyl groups is 1. The van der Waals surface area contributed by atoms with E-state index in [1.54, 1.807) is 40.6 Å². The summed E-state index contributed by atoms with van der Waals surface area (Å²) in [4.78, 5) is 15.5. The van der Waals surface area contributed by atoms with E-state index in [1.807, 2.05) is 41.3 Å². The molecule has 0 aromatic heterocycles. The summed E-state index contributed by atoms with van der Waals surface area (Å²) in [5.41, 5.74) is 0.949. The third kappa shape index (κ3) is 4.96. The minimum absolute atomic E-state index is 0.0641. The van der Waals surface area contributed by atoms with E-state index in [0.29, 0.717) is 36.0 Å². The number of fused-ring (bicyclic) bond motifs is 1. The van der Waals surface area contributed by atoms with E-state index in [-0.39, 0.29) is 17.9 Å². The summed E-state index contributed by atoms with van der Waals surface area (Å²) in [6.45, 7) is 0.474. The quantitative estimate of drug-likeness (QED) is 0.581. The van der Waals surface area contributed by atoms with Gasteiger partial charge in [-0.15, -0.1) is 0 Å². The second kappa shape index (κ2) is 10.6. The number of carbonyl (C=O) groups excluding carboxylic acids is 1. The third-order valence-electron chi connectivity index (χ3n) is 7.44. The number of amides is 1. The molecule has 2 aliphatic rings. The van der Waals surface area contributed by atoms with Crippen molar-refractivity contribution in [2.24, 2.45) is 5.92 Å². The standard InChI is InChI=1S/C28H35NO6/c1-32-20-10-11-21(24(18-20)34-3)27-22-7-5-6-14-28(22,31)15-16-29(27)26(30)13-9-19-8-12-23(33-2)25(17-19)35-4/h8-13,17-18,22,27,31H,5-7,14-16H2,1-4H3/b13-9+/t22-,27+,28+/m0/s1. The summed E-state index contributed by atoms with van der Waals surface area (Å²) in [5.74, 6) is 2.42. The number of nitrogens with zero attached hydrogens (tertiary/aromatic N) is 1. The summed E-state index contributed by atoms with van der Waals surface area (Å²) in [5, 5.41) is 11.6. The fourth-order valence-electron chi connectivity index (χ4n) is 5.60. The average Bonchev–Trinajstić information content (AvgIpc) is 2.90. The highest BCUT2D eigenvalue weighted by Gasteiger charge is 2.50. The highest BCUT2D eigenvalue weighted by Crippen LogP contribution is 2.51. The molecule has 7 heteroatoms. The molecular formula is C28H35NO6. The zero-order chi connectivity index (χ0) is 25.0. The second-order valence-corrected chi connectivity index (χ2v) is 9.24. The van der Waals surface area contributed by atoms with Crippen LogP contribution in [0.4, 0.5) is 0 Å². The molecule has 0 unspecified atom stereocenters. The molecule has 1 saturated heterocycles. The van der Waals surface area contributed by atoms with Gasteiger partial charge >= 0.3 is 0 Å².